The normalized spacial score (nSPS) is 10.1. The van der Waals surface area contributed by atoms with Gasteiger partial charge in [0.1, 0.15) is 6.07 Å². The molecular formula is C17H18N2O. The Bertz CT molecular complexity index is 602. The highest BCUT2D eigenvalue weighted by molar-refractivity contribution is 5.60. The molecule has 3 heteroatoms. The maximum Gasteiger partial charge on any atom is 0.101 e. The van der Waals surface area contributed by atoms with Crippen molar-refractivity contribution in [1.29, 1.82) is 5.26 Å². The average Bonchev–Trinajstić information content (AvgIpc) is 2.53. The molecule has 0 aliphatic carbocycles. The Labute approximate surface area is 119 Å². The summed E-state index contributed by atoms with van der Waals surface area (Å²) in [5, 5.41) is 18.4. The molecule has 0 fully saturated rings. The standard InChI is InChI=1S/C17H18N2O/c1-2-19(12-14-6-4-3-5-7-14)17-9-8-15(13-20)10-16(17)11-18/h3-10,20H,2,12-13H2,1H3. The second-order valence-electron chi connectivity index (χ2n) is 4.62. The van der Waals surface area contributed by atoms with Gasteiger partial charge in [-0.1, -0.05) is 36.4 Å². The fourth-order valence-electron chi connectivity index (χ4n) is 2.22. The second kappa shape index (κ2) is 6.74. The van der Waals surface area contributed by atoms with Crippen molar-refractivity contribution in [3.8, 4) is 6.07 Å². The fourth-order valence-corrected chi connectivity index (χ4v) is 2.22. The number of nitrogens with zero attached hydrogens (tertiary/aromatic N) is 2. The van der Waals surface area contributed by atoms with Gasteiger partial charge in [0.25, 0.3) is 0 Å². The zero-order valence-corrected chi connectivity index (χ0v) is 11.6. The molecule has 0 unspecified atom stereocenters. The number of hydrogen-bond acceptors (Lipinski definition) is 3. The number of rotatable bonds is 5. The molecule has 0 saturated carbocycles. The van der Waals surface area contributed by atoms with E-state index in [4.69, 9.17) is 5.11 Å². The Kier molecular flexibility index (Phi) is 4.75. The van der Waals surface area contributed by atoms with Crippen LogP contribution in [-0.4, -0.2) is 11.7 Å². The summed E-state index contributed by atoms with van der Waals surface area (Å²) in [6.45, 7) is 3.62. The summed E-state index contributed by atoms with van der Waals surface area (Å²) in [7, 11) is 0. The molecule has 3 nitrogen and oxygen atoms in total. The van der Waals surface area contributed by atoms with Crippen molar-refractivity contribution >= 4 is 5.69 Å². The van der Waals surface area contributed by atoms with Gasteiger partial charge in [0, 0.05) is 13.1 Å². The number of aliphatic hydroxyl groups is 1. The monoisotopic (exact) mass is 266 g/mol. The topological polar surface area (TPSA) is 47.3 Å². The lowest BCUT2D eigenvalue weighted by Gasteiger charge is -2.24. The van der Waals surface area contributed by atoms with Crippen molar-refractivity contribution in [2.45, 2.75) is 20.1 Å². The number of hydrogen-bond donors (Lipinski definition) is 1. The minimum absolute atomic E-state index is 0.0419. The van der Waals surface area contributed by atoms with Gasteiger partial charge in [-0.2, -0.15) is 5.26 Å². The highest BCUT2D eigenvalue weighted by atomic mass is 16.3. The van der Waals surface area contributed by atoms with Gasteiger partial charge in [0.2, 0.25) is 0 Å². The van der Waals surface area contributed by atoms with Gasteiger partial charge in [0.15, 0.2) is 0 Å². The summed E-state index contributed by atoms with van der Waals surface area (Å²) < 4.78 is 0. The molecule has 1 N–H and O–H groups in total. The first-order valence-electron chi connectivity index (χ1n) is 6.71. The van der Waals surface area contributed by atoms with Crippen molar-refractivity contribution < 1.29 is 5.11 Å². The van der Waals surface area contributed by atoms with Crippen LogP contribution >= 0.6 is 0 Å². The molecule has 0 saturated heterocycles. The highest BCUT2D eigenvalue weighted by Gasteiger charge is 2.11. The van der Waals surface area contributed by atoms with Crippen LogP contribution in [0.3, 0.4) is 0 Å². The van der Waals surface area contributed by atoms with Gasteiger partial charge in [-0.05, 0) is 30.2 Å². The summed E-state index contributed by atoms with van der Waals surface area (Å²) in [5.41, 5.74) is 3.50. The van der Waals surface area contributed by atoms with E-state index in [0.29, 0.717) is 5.56 Å². The molecule has 0 bridgehead atoms. The predicted octanol–water partition coefficient (Wildman–Crippen LogP) is 3.08. The van der Waals surface area contributed by atoms with Crippen molar-refractivity contribution in [1.82, 2.24) is 0 Å². The molecule has 102 valence electrons. The SMILES string of the molecule is CCN(Cc1ccccc1)c1ccc(CO)cc1C#N. The molecule has 2 rings (SSSR count). The minimum Gasteiger partial charge on any atom is -0.392 e. The van der Waals surface area contributed by atoms with E-state index < -0.39 is 0 Å². The molecule has 0 aromatic heterocycles. The van der Waals surface area contributed by atoms with Crippen molar-refractivity contribution in [2.24, 2.45) is 0 Å². The molecule has 0 amide bonds. The van der Waals surface area contributed by atoms with E-state index in [1.54, 1.807) is 6.07 Å². The summed E-state index contributed by atoms with van der Waals surface area (Å²) in [6, 6.07) is 17.9. The van der Waals surface area contributed by atoms with Crippen LogP contribution in [0.15, 0.2) is 48.5 Å². The molecule has 2 aromatic carbocycles. The van der Waals surface area contributed by atoms with Crippen LogP contribution in [0.2, 0.25) is 0 Å². The van der Waals surface area contributed by atoms with Crippen molar-refractivity contribution in [3.05, 3.63) is 65.2 Å². The summed E-state index contributed by atoms with van der Waals surface area (Å²) in [5.74, 6) is 0. The molecular weight excluding hydrogens is 248 g/mol. The second-order valence-corrected chi connectivity index (χ2v) is 4.62. The zero-order valence-electron chi connectivity index (χ0n) is 11.6. The Balaban J connectivity index is 2.30. The van der Waals surface area contributed by atoms with Crippen LogP contribution in [-0.2, 0) is 13.2 Å². The maximum absolute atomic E-state index is 9.29. The van der Waals surface area contributed by atoms with E-state index in [2.05, 4.69) is 30.0 Å². The van der Waals surface area contributed by atoms with E-state index in [0.717, 1.165) is 24.3 Å². The lowest BCUT2D eigenvalue weighted by atomic mass is 10.1. The molecule has 0 radical (unpaired) electrons. The summed E-state index contributed by atoms with van der Waals surface area (Å²) in [4.78, 5) is 2.16. The Morgan fingerprint density at radius 2 is 1.85 bits per heavy atom. The fraction of sp³-hybridized carbons (Fsp3) is 0.235. The first-order valence-corrected chi connectivity index (χ1v) is 6.71. The van der Waals surface area contributed by atoms with Gasteiger partial charge in [-0.25, -0.2) is 0 Å². The minimum atomic E-state index is -0.0419. The van der Waals surface area contributed by atoms with Gasteiger partial charge < -0.3 is 10.0 Å². The zero-order chi connectivity index (χ0) is 14.4. The predicted molar refractivity (Wildman–Crippen MR) is 80.2 cm³/mol. The lowest BCUT2D eigenvalue weighted by molar-refractivity contribution is 0.282. The first kappa shape index (κ1) is 14.1. The van der Waals surface area contributed by atoms with Crippen LogP contribution in [0.1, 0.15) is 23.6 Å². The molecule has 20 heavy (non-hydrogen) atoms. The van der Waals surface area contributed by atoms with E-state index in [9.17, 15) is 5.26 Å². The third-order valence-corrected chi connectivity index (χ3v) is 3.30. The van der Waals surface area contributed by atoms with Crippen LogP contribution < -0.4 is 4.90 Å². The number of anilines is 1. The van der Waals surface area contributed by atoms with Crippen LogP contribution in [0.25, 0.3) is 0 Å². The summed E-state index contributed by atoms with van der Waals surface area (Å²) >= 11 is 0. The van der Waals surface area contributed by atoms with Gasteiger partial charge in [-0.15, -0.1) is 0 Å². The Hall–Kier alpha value is -2.31. The lowest BCUT2D eigenvalue weighted by Crippen LogP contribution is -2.23. The number of nitriles is 1. The molecule has 0 heterocycles. The quantitative estimate of drug-likeness (QED) is 0.904. The average molecular weight is 266 g/mol. The first-order chi connectivity index (χ1) is 9.78. The largest absolute Gasteiger partial charge is 0.392 e. The molecule has 0 aliphatic heterocycles. The molecule has 0 spiro atoms. The highest BCUT2D eigenvalue weighted by Crippen LogP contribution is 2.23. The van der Waals surface area contributed by atoms with E-state index in [1.807, 2.05) is 30.3 Å². The third kappa shape index (κ3) is 3.17. The van der Waals surface area contributed by atoms with Crippen LogP contribution in [0, 0.1) is 11.3 Å². The van der Waals surface area contributed by atoms with E-state index in [1.165, 1.54) is 5.56 Å². The molecule has 0 aliphatic rings. The van der Waals surface area contributed by atoms with Gasteiger partial charge >= 0.3 is 0 Å². The van der Waals surface area contributed by atoms with Gasteiger partial charge in [0.05, 0.1) is 17.9 Å². The van der Waals surface area contributed by atoms with Crippen molar-refractivity contribution in [3.63, 3.8) is 0 Å². The van der Waals surface area contributed by atoms with Crippen molar-refractivity contribution in [2.75, 3.05) is 11.4 Å². The van der Waals surface area contributed by atoms with Crippen LogP contribution in [0.4, 0.5) is 5.69 Å². The Morgan fingerprint density at radius 3 is 2.45 bits per heavy atom. The smallest absolute Gasteiger partial charge is 0.101 e. The summed E-state index contributed by atoms with van der Waals surface area (Å²) in [6.07, 6.45) is 0. The van der Waals surface area contributed by atoms with E-state index >= 15 is 0 Å². The maximum atomic E-state index is 9.29. The van der Waals surface area contributed by atoms with Gasteiger partial charge in [-0.3, -0.25) is 0 Å². The molecule has 0 atom stereocenters. The van der Waals surface area contributed by atoms with Crippen LogP contribution in [0.5, 0.6) is 0 Å². The number of aliphatic hydroxyl groups excluding tert-OH is 1. The number of benzene rings is 2. The molecule has 2 aromatic rings. The third-order valence-electron chi connectivity index (χ3n) is 3.30. The van der Waals surface area contributed by atoms with E-state index in [-0.39, 0.29) is 6.61 Å². The Morgan fingerprint density at radius 1 is 1.10 bits per heavy atom.